The fourth-order valence-corrected chi connectivity index (χ4v) is 6.39. The molecule has 2 saturated heterocycles. The number of esters is 1. The first-order valence-corrected chi connectivity index (χ1v) is 13.3. The van der Waals surface area contributed by atoms with Crippen molar-refractivity contribution < 1.29 is 23.5 Å². The van der Waals surface area contributed by atoms with Gasteiger partial charge in [-0.2, -0.15) is 0 Å². The van der Waals surface area contributed by atoms with Crippen LogP contribution in [-0.2, 0) is 14.3 Å². The third kappa shape index (κ3) is 5.02. The van der Waals surface area contributed by atoms with Gasteiger partial charge >= 0.3 is 5.97 Å². The number of carbonyl (C=O) groups excluding carboxylic acids is 3. The number of piperidine rings is 1. The van der Waals surface area contributed by atoms with Crippen molar-refractivity contribution in [1.29, 1.82) is 0 Å². The number of halogens is 1. The zero-order chi connectivity index (χ0) is 26.8. The number of aromatic nitrogens is 3. The smallest absolute Gasteiger partial charge is 0.312 e. The van der Waals surface area contributed by atoms with E-state index in [0.29, 0.717) is 31.6 Å². The Balaban J connectivity index is 1.34. The summed E-state index contributed by atoms with van der Waals surface area (Å²) in [4.78, 5) is 40.6. The van der Waals surface area contributed by atoms with Crippen molar-refractivity contribution in [3.8, 4) is 0 Å². The number of carbonyl (C=O) groups is 3. The number of ketones is 1. The number of hydrogen-bond donors (Lipinski definition) is 0. The molecule has 5 rings (SSSR count). The van der Waals surface area contributed by atoms with Crippen LogP contribution >= 0.6 is 11.9 Å². The van der Waals surface area contributed by atoms with Crippen LogP contribution in [0, 0.1) is 11.7 Å². The van der Waals surface area contributed by atoms with Crippen molar-refractivity contribution in [2.45, 2.75) is 37.1 Å². The van der Waals surface area contributed by atoms with Gasteiger partial charge in [-0.1, -0.05) is 30.3 Å². The van der Waals surface area contributed by atoms with Crippen molar-refractivity contribution >= 4 is 35.3 Å². The fourth-order valence-electron chi connectivity index (χ4n) is 5.11. The second kappa shape index (κ2) is 10.9. The molecule has 4 atom stereocenters. The average Bonchev–Trinajstić information content (AvgIpc) is 3.49. The summed E-state index contributed by atoms with van der Waals surface area (Å²) in [7, 11) is 1.34. The zero-order valence-corrected chi connectivity index (χ0v) is 21.9. The molecule has 0 spiro atoms. The molecule has 0 aliphatic carbocycles. The summed E-state index contributed by atoms with van der Waals surface area (Å²) < 4.78 is 23.6. The van der Waals surface area contributed by atoms with Crippen LogP contribution in [0.4, 0.5) is 10.1 Å². The van der Waals surface area contributed by atoms with Gasteiger partial charge in [0.15, 0.2) is 5.78 Å². The van der Waals surface area contributed by atoms with E-state index in [1.807, 2.05) is 35.2 Å². The number of nitrogens with zero attached hydrogens (tertiary/aromatic N) is 5. The summed E-state index contributed by atoms with van der Waals surface area (Å²) in [5, 5.41) is 7.47. The van der Waals surface area contributed by atoms with Gasteiger partial charge in [-0.05, 0) is 49.1 Å². The lowest BCUT2D eigenvalue weighted by atomic mass is 9.91. The van der Waals surface area contributed by atoms with Crippen LogP contribution in [0.15, 0.2) is 61.2 Å². The van der Waals surface area contributed by atoms with E-state index in [-0.39, 0.29) is 28.6 Å². The molecule has 0 radical (unpaired) electrons. The summed E-state index contributed by atoms with van der Waals surface area (Å²) >= 11 is 1.27. The highest BCUT2D eigenvalue weighted by Crippen LogP contribution is 2.42. The maximum atomic E-state index is 15.4. The lowest BCUT2D eigenvalue weighted by Gasteiger charge is -2.38. The first kappa shape index (κ1) is 25.9. The second-order valence-electron chi connectivity index (χ2n) is 9.49. The number of hydrogen-bond acceptors (Lipinski definition) is 8. The number of anilines is 1. The van der Waals surface area contributed by atoms with Gasteiger partial charge in [-0.25, -0.2) is 4.39 Å². The number of methoxy groups -OCH3 is 1. The van der Waals surface area contributed by atoms with E-state index >= 15 is 4.39 Å². The molecule has 2 aliphatic rings. The minimum Gasteiger partial charge on any atom is -0.469 e. The fraction of sp³-hybridized carbons (Fsp3) is 0.370. The quantitative estimate of drug-likeness (QED) is 0.358. The largest absolute Gasteiger partial charge is 0.469 e. The van der Waals surface area contributed by atoms with Crippen LogP contribution < -0.4 is 4.90 Å². The summed E-state index contributed by atoms with van der Waals surface area (Å²) in [6.45, 7) is 2.55. The standard InChI is InChI=1S/C27H28FN5O4S/c1-17-24(34)13-25(18-6-4-3-5-7-18)38-33(17)26(35)20-9-8-19(12-22(20)28)31-11-10-23(32-15-29-30-16-32)21(14-31)27(36)37-2/h3-9,12,15-17,21,23,25H,10-11,13-14H2,1-2H3/t17-,21-,23+,25+/m0/s1. The lowest BCUT2D eigenvalue weighted by Crippen LogP contribution is -2.45. The van der Waals surface area contributed by atoms with Gasteiger partial charge in [0.25, 0.3) is 5.91 Å². The first-order chi connectivity index (χ1) is 18.4. The third-order valence-electron chi connectivity index (χ3n) is 7.26. The minimum atomic E-state index is -0.676. The van der Waals surface area contributed by atoms with Gasteiger partial charge in [0.05, 0.1) is 35.9 Å². The third-order valence-corrected chi connectivity index (χ3v) is 8.67. The van der Waals surface area contributed by atoms with E-state index in [4.69, 9.17) is 4.74 Å². The highest BCUT2D eigenvalue weighted by molar-refractivity contribution is 7.97. The minimum absolute atomic E-state index is 0.0622. The maximum absolute atomic E-state index is 15.4. The van der Waals surface area contributed by atoms with Crippen LogP contribution in [0.3, 0.4) is 0 Å². The zero-order valence-electron chi connectivity index (χ0n) is 21.1. The van der Waals surface area contributed by atoms with E-state index in [1.54, 1.807) is 30.2 Å². The van der Waals surface area contributed by atoms with Crippen molar-refractivity contribution in [3.63, 3.8) is 0 Å². The molecule has 3 aromatic rings. The Labute approximate surface area is 224 Å². The van der Waals surface area contributed by atoms with Crippen molar-refractivity contribution in [2.75, 3.05) is 25.1 Å². The van der Waals surface area contributed by atoms with Crippen LogP contribution in [-0.4, -0.2) is 63.0 Å². The van der Waals surface area contributed by atoms with Gasteiger partial charge in [0.1, 0.15) is 18.5 Å². The highest BCUT2D eigenvalue weighted by atomic mass is 32.2. The maximum Gasteiger partial charge on any atom is 0.312 e. The predicted octanol–water partition coefficient (Wildman–Crippen LogP) is 3.85. The number of benzene rings is 2. The Morgan fingerprint density at radius 3 is 2.53 bits per heavy atom. The van der Waals surface area contributed by atoms with E-state index in [1.165, 1.54) is 35.5 Å². The molecule has 1 amide bonds. The Hall–Kier alpha value is -3.73. The molecular formula is C27H28FN5O4S. The first-order valence-electron chi connectivity index (χ1n) is 12.4. The molecule has 0 saturated carbocycles. The molecule has 3 heterocycles. The van der Waals surface area contributed by atoms with E-state index < -0.39 is 23.7 Å². The van der Waals surface area contributed by atoms with E-state index in [9.17, 15) is 14.4 Å². The molecular weight excluding hydrogens is 509 g/mol. The van der Waals surface area contributed by atoms with Gasteiger partial charge in [0.2, 0.25) is 0 Å². The van der Waals surface area contributed by atoms with E-state index in [2.05, 4.69) is 10.2 Å². The Bertz CT molecular complexity index is 1320. The van der Waals surface area contributed by atoms with Crippen molar-refractivity contribution in [2.24, 2.45) is 5.92 Å². The highest BCUT2D eigenvalue weighted by Gasteiger charge is 2.39. The summed E-state index contributed by atoms with van der Waals surface area (Å²) in [5.74, 6) is -2.15. The second-order valence-corrected chi connectivity index (χ2v) is 10.7. The van der Waals surface area contributed by atoms with Gasteiger partial charge in [-0.15, -0.1) is 10.2 Å². The number of ether oxygens (including phenoxy) is 1. The Morgan fingerprint density at radius 1 is 1.11 bits per heavy atom. The van der Waals surface area contributed by atoms with Crippen molar-refractivity contribution in [3.05, 3.63) is 78.1 Å². The van der Waals surface area contributed by atoms with Crippen molar-refractivity contribution in [1.82, 2.24) is 19.1 Å². The summed E-state index contributed by atoms with van der Waals surface area (Å²) in [5.41, 5.74) is 1.41. The average molecular weight is 538 g/mol. The lowest BCUT2D eigenvalue weighted by molar-refractivity contribution is -0.147. The summed E-state index contributed by atoms with van der Waals surface area (Å²) in [6, 6.07) is 13.1. The number of amides is 1. The van der Waals surface area contributed by atoms with Crippen LogP contribution in [0.25, 0.3) is 0 Å². The van der Waals surface area contributed by atoms with Gasteiger partial charge in [-0.3, -0.25) is 18.7 Å². The Kier molecular flexibility index (Phi) is 7.46. The molecule has 1 aromatic heterocycles. The molecule has 2 aromatic carbocycles. The van der Waals surface area contributed by atoms with Crippen LogP contribution in [0.5, 0.6) is 0 Å². The molecule has 38 heavy (non-hydrogen) atoms. The molecule has 2 fully saturated rings. The molecule has 0 bridgehead atoms. The molecule has 9 nitrogen and oxygen atoms in total. The van der Waals surface area contributed by atoms with E-state index in [0.717, 1.165) is 5.56 Å². The normalized spacial score (nSPS) is 23.8. The SMILES string of the molecule is COC(=O)[C@H]1CN(c2ccc(C(=O)N3S[C@@H](c4ccccc4)CC(=O)[C@@H]3C)c(F)c2)CC[C@H]1n1cnnc1. The van der Waals surface area contributed by atoms with Crippen LogP contribution in [0.2, 0.25) is 0 Å². The predicted molar refractivity (Wildman–Crippen MR) is 140 cm³/mol. The molecule has 11 heteroatoms. The molecule has 2 aliphatic heterocycles. The topological polar surface area (TPSA) is 97.6 Å². The van der Waals surface area contributed by atoms with Gasteiger partial charge < -0.3 is 14.2 Å². The number of Topliss-reactive ketones (excluding diaryl/α,β-unsaturated/α-hetero) is 1. The monoisotopic (exact) mass is 537 g/mol. The number of rotatable bonds is 5. The summed E-state index contributed by atoms with van der Waals surface area (Å²) in [6.07, 6.45) is 4.06. The Morgan fingerprint density at radius 2 is 1.84 bits per heavy atom. The van der Waals surface area contributed by atoms with Crippen LogP contribution in [0.1, 0.15) is 47.0 Å². The van der Waals surface area contributed by atoms with Gasteiger partial charge in [0, 0.05) is 25.2 Å². The molecule has 0 N–H and O–H groups in total. The molecule has 0 unspecified atom stereocenters. The molecule has 198 valence electrons.